The maximum atomic E-state index is 12.9. The number of hydrogen-bond donors (Lipinski definition) is 0. The zero-order valence-corrected chi connectivity index (χ0v) is 13.9. The van der Waals surface area contributed by atoms with Gasteiger partial charge in [0.15, 0.2) is 11.6 Å². The molecule has 0 bridgehead atoms. The van der Waals surface area contributed by atoms with Gasteiger partial charge in [-0.3, -0.25) is 0 Å². The molecule has 1 amide bonds. The predicted octanol–water partition coefficient (Wildman–Crippen LogP) is 3.13. The van der Waals surface area contributed by atoms with Crippen molar-refractivity contribution in [2.24, 2.45) is 11.8 Å². The Balaban J connectivity index is 1.83. The Labute approximate surface area is 139 Å². The van der Waals surface area contributed by atoms with E-state index in [1.54, 1.807) is 4.57 Å². The van der Waals surface area contributed by atoms with Crippen LogP contribution >= 0.6 is 11.3 Å². The molecule has 5 heteroatoms. The van der Waals surface area contributed by atoms with E-state index in [9.17, 15) is 9.59 Å². The molecule has 2 aromatic rings. The summed E-state index contributed by atoms with van der Waals surface area (Å²) in [4.78, 5) is 27.5. The van der Waals surface area contributed by atoms with Gasteiger partial charge in [0.05, 0.1) is 6.54 Å². The topological polar surface area (TPSA) is 41.3 Å². The van der Waals surface area contributed by atoms with Gasteiger partial charge >= 0.3 is 16.9 Å². The lowest BCUT2D eigenvalue weighted by molar-refractivity contribution is -0.549. The summed E-state index contributed by atoms with van der Waals surface area (Å²) in [5.74, 6) is -0.0609. The summed E-state index contributed by atoms with van der Waals surface area (Å²) in [7, 11) is 0. The monoisotopic (exact) mass is 327 g/mol. The molecule has 0 radical (unpaired) electrons. The Morgan fingerprint density at radius 2 is 1.96 bits per heavy atom. The molecule has 4 nitrogen and oxygen atoms in total. The van der Waals surface area contributed by atoms with Gasteiger partial charge in [0.25, 0.3) is 0 Å². The van der Waals surface area contributed by atoms with Crippen LogP contribution in [0.3, 0.4) is 0 Å². The van der Waals surface area contributed by atoms with Crippen LogP contribution in [0, 0.1) is 11.8 Å². The maximum absolute atomic E-state index is 12.9. The van der Waals surface area contributed by atoms with Gasteiger partial charge in [-0.1, -0.05) is 48.6 Å². The number of amides is 1. The van der Waals surface area contributed by atoms with Crippen molar-refractivity contribution in [2.45, 2.75) is 26.2 Å². The Morgan fingerprint density at radius 3 is 2.61 bits per heavy atom. The summed E-state index contributed by atoms with van der Waals surface area (Å²) in [6, 6.07) is 9.92. The van der Waals surface area contributed by atoms with Crippen LogP contribution in [-0.2, 0) is 4.79 Å². The molecular formula is C18H19N2O2S+. The first kappa shape index (κ1) is 14.6. The Kier molecular flexibility index (Phi) is 3.53. The van der Waals surface area contributed by atoms with Gasteiger partial charge in [0, 0.05) is 10.9 Å². The normalized spacial score (nSPS) is 20.7. The van der Waals surface area contributed by atoms with Crippen LogP contribution in [0.2, 0.25) is 0 Å². The van der Waals surface area contributed by atoms with E-state index in [4.69, 9.17) is 0 Å². The number of fused-ring (bicyclic) bond motifs is 1. The summed E-state index contributed by atoms with van der Waals surface area (Å²) >= 11 is 1.49. The quantitative estimate of drug-likeness (QED) is 0.639. The molecule has 1 aromatic heterocycles. The first-order valence-electron chi connectivity index (χ1n) is 8.15. The van der Waals surface area contributed by atoms with Crippen LogP contribution in [-0.4, -0.2) is 18.4 Å². The molecule has 4 rings (SSSR count). The van der Waals surface area contributed by atoms with Crippen molar-refractivity contribution >= 4 is 28.3 Å². The molecule has 1 aliphatic heterocycles. The van der Waals surface area contributed by atoms with Crippen molar-refractivity contribution in [3.8, 4) is 11.3 Å². The minimum atomic E-state index is -0.552. The molecule has 1 unspecified atom stereocenters. The molecule has 1 aromatic carbocycles. The van der Waals surface area contributed by atoms with Gasteiger partial charge < -0.3 is 0 Å². The third-order valence-electron chi connectivity index (χ3n) is 4.64. The number of aromatic nitrogens is 1. The highest BCUT2D eigenvalue weighted by molar-refractivity contribution is 7.13. The highest BCUT2D eigenvalue weighted by Gasteiger charge is 2.49. The minimum Gasteiger partial charge on any atom is -0.246 e. The SMILES string of the molecule is CCC1C(=O)N(CC2CC2)c2scc(-c3ccccc3)[n+]2C1=O. The number of benzene rings is 1. The standard InChI is InChI=1S/C18H19N2O2S/c1-2-14-16(21)19(10-12-8-9-12)18-20(17(14)22)15(11-23-18)13-6-4-3-5-7-13/h3-7,11-12,14H,2,8-10H2,1H3/q+1. The second kappa shape index (κ2) is 5.57. The maximum Gasteiger partial charge on any atom is 0.351 e. The summed E-state index contributed by atoms with van der Waals surface area (Å²) in [5.41, 5.74) is 1.90. The van der Waals surface area contributed by atoms with E-state index in [0.29, 0.717) is 12.3 Å². The molecule has 1 aliphatic carbocycles. The zero-order chi connectivity index (χ0) is 16.0. The van der Waals surface area contributed by atoms with Crippen molar-refractivity contribution in [2.75, 3.05) is 11.4 Å². The molecular weight excluding hydrogens is 308 g/mol. The Hall–Kier alpha value is -2.01. The third kappa shape index (κ3) is 2.39. The molecule has 2 aliphatic rings. The molecule has 1 atom stereocenters. The lowest BCUT2D eigenvalue weighted by Gasteiger charge is -2.23. The average Bonchev–Trinajstić information content (AvgIpc) is 3.28. The molecule has 0 spiro atoms. The van der Waals surface area contributed by atoms with Crippen molar-refractivity contribution in [1.82, 2.24) is 0 Å². The summed E-state index contributed by atoms with van der Waals surface area (Å²) in [6.45, 7) is 2.66. The van der Waals surface area contributed by atoms with E-state index in [2.05, 4.69) is 0 Å². The van der Waals surface area contributed by atoms with Crippen molar-refractivity contribution in [3.63, 3.8) is 0 Å². The van der Waals surface area contributed by atoms with Gasteiger partial charge in [-0.25, -0.2) is 9.59 Å². The van der Waals surface area contributed by atoms with Crippen LogP contribution in [0.1, 0.15) is 31.0 Å². The number of anilines is 1. The lowest BCUT2D eigenvalue weighted by Crippen LogP contribution is -2.61. The number of hydrogen-bond acceptors (Lipinski definition) is 3. The van der Waals surface area contributed by atoms with Gasteiger partial charge in [0.1, 0.15) is 0 Å². The van der Waals surface area contributed by atoms with Crippen molar-refractivity contribution < 1.29 is 14.2 Å². The number of nitrogens with zero attached hydrogens (tertiary/aromatic N) is 2. The van der Waals surface area contributed by atoms with E-state index in [1.807, 2.05) is 47.5 Å². The van der Waals surface area contributed by atoms with Crippen LogP contribution in [0.25, 0.3) is 11.3 Å². The summed E-state index contributed by atoms with van der Waals surface area (Å²) in [6.07, 6.45) is 2.92. The van der Waals surface area contributed by atoms with E-state index in [1.165, 1.54) is 24.2 Å². The number of carbonyl (C=O) groups is 2. The lowest BCUT2D eigenvalue weighted by atomic mass is 10.0. The van der Waals surface area contributed by atoms with Crippen LogP contribution < -0.4 is 9.47 Å². The van der Waals surface area contributed by atoms with Gasteiger partial charge in [0.2, 0.25) is 0 Å². The molecule has 23 heavy (non-hydrogen) atoms. The fraction of sp³-hybridized carbons (Fsp3) is 0.389. The molecule has 1 saturated carbocycles. The highest BCUT2D eigenvalue weighted by atomic mass is 32.1. The fourth-order valence-corrected chi connectivity index (χ4v) is 4.18. The number of rotatable bonds is 4. The van der Waals surface area contributed by atoms with Crippen molar-refractivity contribution in [1.29, 1.82) is 0 Å². The molecule has 1 fully saturated rings. The third-order valence-corrected chi connectivity index (χ3v) is 5.59. The molecule has 2 heterocycles. The van der Waals surface area contributed by atoms with Gasteiger partial charge in [-0.05, 0) is 25.2 Å². The second-order valence-electron chi connectivity index (χ2n) is 6.30. The van der Waals surface area contributed by atoms with Crippen molar-refractivity contribution in [3.05, 3.63) is 35.7 Å². The Morgan fingerprint density at radius 1 is 1.22 bits per heavy atom. The summed E-state index contributed by atoms with van der Waals surface area (Å²) in [5, 5.41) is 2.77. The number of thiazole rings is 1. The second-order valence-corrected chi connectivity index (χ2v) is 7.13. The number of carbonyl (C=O) groups excluding carboxylic acids is 2. The van der Waals surface area contributed by atoms with Crippen LogP contribution in [0.5, 0.6) is 0 Å². The molecule has 0 saturated heterocycles. The smallest absolute Gasteiger partial charge is 0.246 e. The largest absolute Gasteiger partial charge is 0.351 e. The fourth-order valence-electron chi connectivity index (χ4n) is 3.14. The Bertz CT molecular complexity index is 765. The first-order chi connectivity index (χ1) is 11.2. The molecule has 118 valence electrons. The zero-order valence-electron chi connectivity index (χ0n) is 13.1. The van der Waals surface area contributed by atoms with E-state index >= 15 is 0 Å². The van der Waals surface area contributed by atoms with E-state index in [-0.39, 0.29) is 11.8 Å². The van der Waals surface area contributed by atoms with Crippen LogP contribution in [0.15, 0.2) is 35.7 Å². The minimum absolute atomic E-state index is 0.0224. The van der Waals surface area contributed by atoms with Gasteiger partial charge in [-0.2, -0.15) is 4.90 Å². The van der Waals surface area contributed by atoms with Crippen LogP contribution in [0.4, 0.5) is 5.13 Å². The summed E-state index contributed by atoms with van der Waals surface area (Å²) < 4.78 is 1.76. The average molecular weight is 327 g/mol. The van der Waals surface area contributed by atoms with Gasteiger partial charge in [-0.15, -0.1) is 4.57 Å². The van der Waals surface area contributed by atoms with E-state index < -0.39 is 5.92 Å². The first-order valence-corrected chi connectivity index (χ1v) is 9.03. The van der Waals surface area contributed by atoms with E-state index in [0.717, 1.165) is 22.9 Å². The predicted molar refractivity (Wildman–Crippen MR) is 89.4 cm³/mol. The highest BCUT2D eigenvalue weighted by Crippen LogP contribution is 2.36. The molecule has 0 N–H and O–H groups in total.